The van der Waals surface area contributed by atoms with Crippen LogP contribution < -0.4 is 11.1 Å². The zero-order valence-electron chi connectivity index (χ0n) is 13.3. The fourth-order valence-corrected chi connectivity index (χ4v) is 2.85. The van der Waals surface area contributed by atoms with Gasteiger partial charge in [0.05, 0.1) is 12.1 Å². The lowest BCUT2D eigenvalue weighted by Gasteiger charge is -2.16. The number of rotatable bonds is 5. The van der Waals surface area contributed by atoms with E-state index in [-0.39, 0.29) is 5.91 Å². The summed E-state index contributed by atoms with van der Waals surface area (Å²) in [5.41, 5.74) is 6.07. The van der Waals surface area contributed by atoms with E-state index in [0.29, 0.717) is 23.8 Å². The first-order valence-corrected chi connectivity index (χ1v) is 7.80. The molecule has 0 spiro atoms. The molecule has 122 valence electrons. The van der Waals surface area contributed by atoms with Crippen LogP contribution in [0.4, 0.5) is 5.82 Å². The topological polar surface area (TPSA) is 89.1 Å². The Balaban J connectivity index is 1.46. The van der Waals surface area contributed by atoms with E-state index >= 15 is 0 Å². The number of nitrogens with one attached hydrogen (secondary N) is 1. The van der Waals surface area contributed by atoms with Gasteiger partial charge in [-0.25, -0.2) is 9.97 Å². The van der Waals surface area contributed by atoms with Crippen LogP contribution in [0.2, 0.25) is 0 Å². The number of aryl methyl sites for hydroxylation is 1. The van der Waals surface area contributed by atoms with Crippen LogP contribution in [0, 0.1) is 5.92 Å². The highest BCUT2D eigenvalue weighted by atomic mass is 16.1. The number of hydrogen-bond donors (Lipinski definition) is 2. The molecule has 1 saturated heterocycles. The minimum Gasteiger partial charge on any atom is -0.384 e. The van der Waals surface area contributed by atoms with Crippen molar-refractivity contribution in [3.05, 3.63) is 42.1 Å². The van der Waals surface area contributed by atoms with Gasteiger partial charge in [0.25, 0.3) is 5.91 Å². The van der Waals surface area contributed by atoms with E-state index in [1.54, 1.807) is 12.1 Å². The van der Waals surface area contributed by atoms with E-state index in [2.05, 4.69) is 20.2 Å². The van der Waals surface area contributed by atoms with Crippen molar-refractivity contribution < 1.29 is 4.79 Å². The molecule has 2 aromatic heterocycles. The molecule has 3 heterocycles. The van der Waals surface area contributed by atoms with Crippen LogP contribution in [-0.2, 0) is 13.6 Å². The Hall–Kier alpha value is -2.41. The third-order valence-electron chi connectivity index (χ3n) is 4.26. The normalized spacial score (nSPS) is 18.2. The first kappa shape index (κ1) is 15.5. The quantitative estimate of drug-likeness (QED) is 0.846. The highest BCUT2D eigenvalue weighted by Crippen LogP contribution is 2.17. The Kier molecular flexibility index (Phi) is 4.57. The maximum absolute atomic E-state index is 12.1. The van der Waals surface area contributed by atoms with Crippen molar-refractivity contribution in [1.82, 2.24) is 24.8 Å². The molecule has 7 heteroatoms. The Bertz CT molecular complexity index is 665. The summed E-state index contributed by atoms with van der Waals surface area (Å²) in [6.07, 6.45) is 6.38. The number of carbonyl (C=O) groups is 1. The van der Waals surface area contributed by atoms with E-state index < -0.39 is 0 Å². The molecule has 0 saturated carbocycles. The van der Waals surface area contributed by atoms with Gasteiger partial charge in [0.1, 0.15) is 11.6 Å². The minimum atomic E-state index is -0.0972. The predicted molar refractivity (Wildman–Crippen MR) is 87.6 cm³/mol. The monoisotopic (exact) mass is 314 g/mol. The lowest BCUT2D eigenvalue weighted by molar-refractivity contribution is 0.0947. The van der Waals surface area contributed by atoms with Gasteiger partial charge in [-0.2, -0.15) is 0 Å². The van der Waals surface area contributed by atoms with Crippen molar-refractivity contribution >= 4 is 11.7 Å². The number of anilines is 1. The van der Waals surface area contributed by atoms with Crippen LogP contribution in [0.3, 0.4) is 0 Å². The molecular weight excluding hydrogens is 292 g/mol. The number of nitrogens with zero attached hydrogens (tertiary/aromatic N) is 4. The zero-order valence-corrected chi connectivity index (χ0v) is 13.3. The molecule has 3 rings (SSSR count). The molecule has 2 aromatic rings. The highest BCUT2D eigenvalue weighted by Gasteiger charge is 2.23. The van der Waals surface area contributed by atoms with Gasteiger partial charge >= 0.3 is 0 Å². The zero-order chi connectivity index (χ0) is 16.2. The van der Waals surface area contributed by atoms with Crippen molar-refractivity contribution in [2.24, 2.45) is 13.0 Å². The molecule has 1 fully saturated rings. The van der Waals surface area contributed by atoms with Gasteiger partial charge in [0, 0.05) is 38.7 Å². The van der Waals surface area contributed by atoms with Gasteiger partial charge in [-0.05, 0) is 31.0 Å². The number of likely N-dealkylation sites (tertiary alicyclic amines) is 1. The molecular formula is C16H22N6O. The van der Waals surface area contributed by atoms with E-state index in [0.717, 1.165) is 31.9 Å². The van der Waals surface area contributed by atoms with Crippen LogP contribution in [0.1, 0.15) is 22.6 Å². The first-order chi connectivity index (χ1) is 11.1. The summed E-state index contributed by atoms with van der Waals surface area (Å²) in [5, 5.41) is 2.98. The van der Waals surface area contributed by atoms with Gasteiger partial charge < -0.3 is 15.6 Å². The molecule has 1 atom stereocenters. The number of nitrogens with two attached hydrogens (primary N) is 1. The number of carbonyl (C=O) groups excluding carboxylic acids is 1. The number of pyridine rings is 1. The average Bonchev–Trinajstić information content (AvgIpc) is 3.16. The third-order valence-corrected chi connectivity index (χ3v) is 4.26. The molecule has 1 aliphatic heterocycles. The molecule has 0 bridgehead atoms. The van der Waals surface area contributed by atoms with Crippen molar-refractivity contribution in [2.75, 3.05) is 25.4 Å². The first-order valence-electron chi connectivity index (χ1n) is 7.80. The second kappa shape index (κ2) is 6.78. The van der Waals surface area contributed by atoms with Gasteiger partial charge in [-0.15, -0.1) is 0 Å². The number of aromatic nitrogens is 3. The lowest BCUT2D eigenvalue weighted by Crippen LogP contribution is -2.31. The van der Waals surface area contributed by atoms with E-state index in [9.17, 15) is 4.79 Å². The molecule has 0 aromatic carbocycles. The SMILES string of the molecule is Cn1ccnc1CN1CC[C@H](CNC(=O)c2ccc(N)nc2)C1. The van der Waals surface area contributed by atoms with Crippen LogP contribution in [0.5, 0.6) is 0 Å². The predicted octanol–water partition coefficient (Wildman–Crippen LogP) is 0.649. The van der Waals surface area contributed by atoms with Crippen LogP contribution >= 0.6 is 0 Å². The molecule has 0 radical (unpaired) electrons. The van der Waals surface area contributed by atoms with Gasteiger partial charge in [0.2, 0.25) is 0 Å². The number of imidazole rings is 1. The van der Waals surface area contributed by atoms with E-state index in [1.807, 2.05) is 24.0 Å². The third kappa shape index (κ3) is 3.87. The standard InChI is InChI=1S/C16H22N6O/c1-21-7-5-18-15(21)11-22-6-4-12(10-22)8-20-16(23)13-2-3-14(17)19-9-13/h2-3,5,7,9,12H,4,6,8,10-11H2,1H3,(H2,17,19)(H,20,23)/t12-/m1/s1. The molecule has 7 nitrogen and oxygen atoms in total. The Morgan fingerprint density at radius 3 is 3.00 bits per heavy atom. The molecule has 1 amide bonds. The molecule has 0 unspecified atom stereocenters. The number of nitrogen functional groups attached to an aromatic ring is 1. The summed E-state index contributed by atoms with van der Waals surface area (Å²) in [7, 11) is 2.01. The fraction of sp³-hybridized carbons (Fsp3) is 0.438. The number of amides is 1. The van der Waals surface area contributed by atoms with E-state index in [1.165, 1.54) is 6.20 Å². The summed E-state index contributed by atoms with van der Waals surface area (Å²) in [4.78, 5) is 22.8. The highest BCUT2D eigenvalue weighted by molar-refractivity contribution is 5.93. The lowest BCUT2D eigenvalue weighted by atomic mass is 10.1. The molecule has 1 aliphatic rings. The maximum Gasteiger partial charge on any atom is 0.252 e. The van der Waals surface area contributed by atoms with Crippen molar-refractivity contribution in [1.29, 1.82) is 0 Å². The molecule has 0 aliphatic carbocycles. The van der Waals surface area contributed by atoms with Gasteiger partial charge in [-0.3, -0.25) is 9.69 Å². The summed E-state index contributed by atoms with van der Waals surface area (Å²) in [6.45, 7) is 3.56. The van der Waals surface area contributed by atoms with Gasteiger partial charge in [-0.1, -0.05) is 0 Å². The average molecular weight is 314 g/mol. The van der Waals surface area contributed by atoms with Crippen molar-refractivity contribution in [3.8, 4) is 0 Å². The largest absolute Gasteiger partial charge is 0.384 e. The smallest absolute Gasteiger partial charge is 0.252 e. The minimum absolute atomic E-state index is 0.0972. The van der Waals surface area contributed by atoms with Crippen molar-refractivity contribution in [3.63, 3.8) is 0 Å². The Morgan fingerprint density at radius 2 is 2.30 bits per heavy atom. The molecule has 23 heavy (non-hydrogen) atoms. The second-order valence-electron chi connectivity index (χ2n) is 6.03. The van der Waals surface area contributed by atoms with E-state index in [4.69, 9.17) is 5.73 Å². The summed E-state index contributed by atoms with van der Waals surface area (Å²) in [5.74, 6) is 1.87. The van der Waals surface area contributed by atoms with Crippen LogP contribution in [0.25, 0.3) is 0 Å². The summed E-state index contributed by atoms with van der Waals surface area (Å²) >= 11 is 0. The maximum atomic E-state index is 12.1. The Morgan fingerprint density at radius 1 is 1.43 bits per heavy atom. The van der Waals surface area contributed by atoms with Crippen LogP contribution in [0.15, 0.2) is 30.7 Å². The van der Waals surface area contributed by atoms with Crippen LogP contribution in [-0.4, -0.2) is 45.0 Å². The molecule has 3 N–H and O–H groups in total. The number of hydrogen-bond acceptors (Lipinski definition) is 5. The van der Waals surface area contributed by atoms with Crippen molar-refractivity contribution in [2.45, 2.75) is 13.0 Å². The summed E-state index contributed by atoms with van der Waals surface area (Å²) < 4.78 is 2.04. The second-order valence-corrected chi connectivity index (χ2v) is 6.03. The Labute approximate surface area is 135 Å². The summed E-state index contributed by atoms with van der Waals surface area (Å²) in [6, 6.07) is 3.33. The fourth-order valence-electron chi connectivity index (χ4n) is 2.85. The van der Waals surface area contributed by atoms with Gasteiger partial charge in [0.15, 0.2) is 0 Å².